The predicted molar refractivity (Wildman–Crippen MR) is 76.1 cm³/mol. The molecule has 1 aromatic rings. The molecule has 0 aliphatic carbocycles. The van der Waals surface area contributed by atoms with Gasteiger partial charge in [0.2, 0.25) is 5.91 Å². The molecule has 1 aromatic heterocycles. The number of rotatable bonds is 4. The Morgan fingerprint density at radius 1 is 1.16 bits per heavy atom. The molecule has 0 unspecified atom stereocenters. The quantitative estimate of drug-likeness (QED) is 0.844. The lowest BCUT2D eigenvalue weighted by molar-refractivity contribution is -0.129. The van der Waals surface area contributed by atoms with E-state index in [9.17, 15) is 4.79 Å². The van der Waals surface area contributed by atoms with Crippen LogP contribution in [0.4, 0.5) is 0 Å². The van der Waals surface area contributed by atoms with Gasteiger partial charge in [-0.3, -0.25) is 9.69 Å². The van der Waals surface area contributed by atoms with Crippen molar-refractivity contribution in [3.05, 3.63) is 16.1 Å². The van der Waals surface area contributed by atoms with Crippen molar-refractivity contribution in [2.75, 3.05) is 26.2 Å². The van der Waals surface area contributed by atoms with Crippen LogP contribution in [-0.2, 0) is 17.8 Å². The van der Waals surface area contributed by atoms with E-state index in [1.54, 1.807) is 11.3 Å². The van der Waals surface area contributed by atoms with E-state index in [0.717, 1.165) is 43.2 Å². The minimum absolute atomic E-state index is 0.246. The standard InChI is InChI=1S/C14H21N3OS/c18-14(17-7-3-4-8-17)9-12-11-19-13(15-12)10-16-5-1-2-6-16/h11H,1-10H2. The van der Waals surface area contributed by atoms with E-state index >= 15 is 0 Å². The number of nitrogens with zero attached hydrogens (tertiary/aromatic N) is 3. The second-order valence-corrected chi connectivity index (χ2v) is 6.42. The molecular weight excluding hydrogens is 258 g/mol. The van der Waals surface area contributed by atoms with Crippen molar-refractivity contribution >= 4 is 17.2 Å². The first-order valence-corrected chi connectivity index (χ1v) is 8.12. The molecule has 2 saturated heterocycles. The molecule has 4 nitrogen and oxygen atoms in total. The highest BCUT2D eigenvalue weighted by Gasteiger charge is 2.19. The molecule has 0 atom stereocenters. The molecule has 2 aliphatic rings. The zero-order valence-electron chi connectivity index (χ0n) is 11.3. The van der Waals surface area contributed by atoms with Crippen molar-refractivity contribution in [2.45, 2.75) is 38.6 Å². The number of hydrogen-bond donors (Lipinski definition) is 0. The lowest BCUT2D eigenvalue weighted by Gasteiger charge is -2.14. The van der Waals surface area contributed by atoms with Crippen LogP contribution in [0, 0.1) is 0 Å². The second kappa shape index (κ2) is 6.01. The maximum absolute atomic E-state index is 12.0. The molecule has 19 heavy (non-hydrogen) atoms. The van der Waals surface area contributed by atoms with Gasteiger partial charge < -0.3 is 4.90 Å². The number of carbonyl (C=O) groups excluding carboxylic acids is 1. The summed E-state index contributed by atoms with van der Waals surface area (Å²) in [6, 6.07) is 0. The minimum Gasteiger partial charge on any atom is -0.342 e. The largest absolute Gasteiger partial charge is 0.342 e. The molecule has 0 saturated carbocycles. The van der Waals surface area contributed by atoms with Crippen LogP contribution >= 0.6 is 11.3 Å². The molecular formula is C14H21N3OS. The van der Waals surface area contributed by atoms with E-state index in [2.05, 4.69) is 15.3 Å². The molecule has 0 aromatic carbocycles. The summed E-state index contributed by atoms with van der Waals surface area (Å²) in [5.74, 6) is 0.246. The van der Waals surface area contributed by atoms with Crippen LogP contribution in [0.5, 0.6) is 0 Å². The lowest BCUT2D eigenvalue weighted by atomic mass is 10.3. The van der Waals surface area contributed by atoms with Gasteiger partial charge >= 0.3 is 0 Å². The van der Waals surface area contributed by atoms with E-state index in [4.69, 9.17) is 0 Å². The summed E-state index contributed by atoms with van der Waals surface area (Å²) in [7, 11) is 0. The molecule has 3 heterocycles. The first-order valence-electron chi connectivity index (χ1n) is 7.25. The average Bonchev–Trinajstić information content (AvgIpc) is 3.10. The van der Waals surface area contributed by atoms with Crippen LogP contribution in [0.25, 0.3) is 0 Å². The van der Waals surface area contributed by atoms with Crippen LogP contribution in [0.3, 0.4) is 0 Å². The molecule has 104 valence electrons. The number of likely N-dealkylation sites (tertiary alicyclic amines) is 2. The first-order chi connectivity index (χ1) is 9.31. The highest BCUT2D eigenvalue weighted by atomic mass is 32.1. The third kappa shape index (κ3) is 3.34. The lowest BCUT2D eigenvalue weighted by Crippen LogP contribution is -2.29. The topological polar surface area (TPSA) is 36.4 Å². The summed E-state index contributed by atoms with van der Waals surface area (Å²) < 4.78 is 0. The molecule has 3 rings (SSSR count). The second-order valence-electron chi connectivity index (χ2n) is 5.48. The van der Waals surface area contributed by atoms with Crippen LogP contribution in [0.1, 0.15) is 36.4 Å². The van der Waals surface area contributed by atoms with Crippen LogP contribution in [-0.4, -0.2) is 46.9 Å². The Morgan fingerprint density at radius 3 is 2.58 bits per heavy atom. The van der Waals surface area contributed by atoms with E-state index < -0.39 is 0 Å². The van der Waals surface area contributed by atoms with Gasteiger partial charge in [-0.15, -0.1) is 11.3 Å². The van der Waals surface area contributed by atoms with Gasteiger partial charge in [-0.1, -0.05) is 0 Å². The van der Waals surface area contributed by atoms with Crippen molar-refractivity contribution in [3.8, 4) is 0 Å². The molecule has 2 fully saturated rings. The molecule has 0 bridgehead atoms. The third-order valence-electron chi connectivity index (χ3n) is 3.95. The van der Waals surface area contributed by atoms with E-state index in [0.29, 0.717) is 6.42 Å². The Balaban J connectivity index is 1.53. The van der Waals surface area contributed by atoms with Gasteiger partial charge in [-0.05, 0) is 38.8 Å². The fourth-order valence-electron chi connectivity index (χ4n) is 2.87. The number of amides is 1. The number of carbonyl (C=O) groups is 1. The Hall–Kier alpha value is -0.940. The zero-order valence-corrected chi connectivity index (χ0v) is 12.1. The van der Waals surface area contributed by atoms with Gasteiger partial charge in [-0.2, -0.15) is 0 Å². The highest BCUT2D eigenvalue weighted by molar-refractivity contribution is 7.09. The Morgan fingerprint density at radius 2 is 1.84 bits per heavy atom. The van der Waals surface area contributed by atoms with Gasteiger partial charge in [-0.25, -0.2) is 4.98 Å². The fourth-order valence-corrected chi connectivity index (χ4v) is 3.70. The maximum atomic E-state index is 12.0. The smallest absolute Gasteiger partial charge is 0.228 e. The molecule has 0 N–H and O–H groups in total. The number of thiazole rings is 1. The van der Waals surface area contributed by atoms with E-state index in [1.807, 2.05) is 4.90 Å². The minimum atomic E-state index is 0.246. The maximum Gasteiger partial charge on any atom is 0.228 e. The SMILES string of the molecule is O=C(Cc1csc(CN2CCCC2)n1)N1CCCC1. The first kappa shape index (κ1) is 13.1. The molecule has 0 spiro atoms. The van der Waals surface area contributed by atoms with Crippen LogP contribution < -0.4 is 0 Å². The van der Waals surface area contributed by atoms with Crippen molar-refractivity contribution in [2.24, 2.45) is 0 Å². The van der Waals surface area contributed by atoms with Gasteiger partial charge in [0.05, 0.1) is 18.7 Å². The molecule has 2 aliphatic heterocycles. The fraction of sp³-hybridized carbons (Fsp3) is 0.714. The summed E-state index contributed by atoms with van der Waals surface area (Å²) in [6.45, 7) is 5.22. The summed E-state index contributed by atoms with van der Waals surface area (Å²) in [5, 5.41) is 3.21. The van der Waals surface area contributed by atoms with Crippen LogP contribution in [0.15, 0.2) is 5.38 Å². The van der Waals surface area contributed by atoms with Gasteiger partial charge in [0.25, 0.3) is 0 Å². The summed E-state index contributed by atoms with van der Waals surface area (Å²) in [6.07, 6.45) is 5.42. The average molecular weight is 279 g/mol. The molecule has 0 radical (unpaired) electrons. The monoisotopic (exact) mass is 279 g/mol. The number of aromatic nitrogens is 1. The predicted octanol–water partition coefficient (Wildman–Crippen LogP) is 1.90. The third-order valence-corrected chi connectivity index (χ3v) is 4.83. The van der Waals surface area contributed by atoms with Crippen molar-refractivity contribution in [1.29, 1.82) is 0 Å². The van der Waals surface area contributed by atoms with Crippen molar-refractivity contribution in [3.63, 3.8) is 0 Å². The summed E-state index contributed by atoms with van der Waals surface area (Å²) in [5.41, 5.74) is 0.955. The Labute approximate surface area is 118 Å². The van der Waals surface area contributed by atoms with Gasteiger partial charge in [0.15, 0.2) is 0 Å². The summed E-state index contributed by atoms with van der Waals surface area (Å²) >= 11 is 1.70. The van der Waals surface area contributed by atoms with Crippen LogP contribution in [0.2, 0.25) is 0 Å². The highest BCUT2D eigenvalue weighted by Crippen LogP contribution is 2.17. The summed E-state index contributed by atoms with van der Waals surface area (Å²) in [4.78, 5) is 21.1. The number of hydrogen-bond acceptors (Lipinski definition) is 4. The zero-order chi connectivity index (χ0) is 13.1. The molecule has 1 amide bonds. The Bertz CT molecular complexity index is 434. The van der Waals surface area contributed by atoms with E-state index in [-0.39, 0.29) is 5.91 Å². The normalized spacial score (nSPS) is 20.3. The van der Waals surface area contributed by atoms with Gasteiger partial charge in [0.1, 0.15) is 5.01 Å². The van der Waals surface area contributed by atoms with E-state index in [1.165, 1.54) is 25.9 Å². The Kier molecular flexibility index (Phi) is 4.13. The van der Waals surface area contributed by atoms with Crippen molar-refractivity contribution in [1.82, 2.24) is 14.8 Å². The van der Waals surface area contributed by atoms with Gasteiger partial charge in [0, 0.05) is 18.5 Å². The van der Waals surface area contributed by atoms with Crippen molar-refractivity contribution < 1.29 is 4.79 Å². The molecule has 5 heteroatoms.